The molecule has 0 N–H and O–H groups in total. The number of sulfonamides is 1. The summed E-state index contributed by atoms with van der Waals surface area (Å²) in [5.41, 5.74) is 6.46. The summed E-state index contributed by atoms with van der Waals surface area (Å²) < 4.78 is 29.3. The van der Waals surface area contributed by atoms with Gasteiger partial charge in [0.2, 0.25) is 10.0 Å². The van der Waals surface area contributed by atoms with Crippen LogP contribution in [0.4, 0.5) is 0 Å². The Hall–Kier alpha value is -2.39. The molecule has 0 radical (unpaired) electrons. The Morgan fingerprint density at radius 2 is 1.67 bits per heavy atom. The average molecular weight is 424 g/mol. The van der Waals surface area contributed by atoms with Crippen LogP contribution in [0.3, 0.4) is 0 Å². The third kappa shape index (κ3) is 6.06. The van der Waals surface area contributed by atoms with Crippen LogP contribution in [0.5, 0.6) is 0 Å². The molecule has 30 heavy (non-hydrogen) atoms. The Balaban J connectivity index is 2.53. The molecule has 3 nitrogen and oxygen atoms in total. The van der Waals surface area contributed by atoms with E-state index in [1.165, 1.54) is 0 Å². The van der Waals surface area contributed by atoms with Gasteiger partial charge in [-0.2, -0.15) is 4.31 Å². The van der Waals surface area contributed by atoms with Crippen molar-refractivity contribution in [1.82, 2.24) is 4.31 Å². The number of rotatable bonds is 9. The molecular weight excluding hydrogens is 390 g/mol. The normalized spacial score (nSPS) is 13.0. The number of benzene rings is 2. The first-order chi connectivity index (χ1) is 14.2. The van der Waals surface area contributed by atoms with Crippen LogP contribution in [0.15, 0.2) is 71.8 Å². The van der Waals surface area contributed by atoms with Crippen molar-refractivity contribution in [2.75, 3.05) is 6.54 Å². The molecule has 0 unspecified atom stereocenters. The van der Waals surface area contributed by atoms with Gasteiger partial charge < -0.3 is 0 Å². The van der Waals surface area contributed by atoms with E-state index in [9.17, 15) is 8.42 Å². The van der Waals surface area contributed by atoms with Gasteiger partial charge in [0.15, 0.2) is 0 Å². The van der Waals surface area contributed by atoms with Crippen LogP contribution in [0.1, 0.15) is 42.5 Å². The first-order valence-electron chi connectivity index (χ1n) is 10.3. The fourth-order valence-electron chi connectivity index (χ4n) is 3.85. The second-order valence-corrected chi connectivity index (χ2v) is 10.0. The summed E-state index contributed by atoms with van der Waals surface area (Å²) in [7, 11) is -3.72. The molecule has 0 spiro atoms. The summed E-state index contributed by atoms with van der Waals surface area (Å²) in [6.45, 7) is 13.9. The minimum Gasteiger partial charge on any atom is -0.207 e. The third-order valence-corrected chi connectivity index (χ3v) is 7.16. The molecule has 4 heteroatoms. The van der Waals surface area contributed by atoms with E-state index in [1.54, 1.807) is 10.4 Å². The lowest BCUT2D eigenvalue weighted by molar-refractivity contribution is 0.344. The van der Waals surface area contributed by atoms with Crippen molar-refractivity contribution in [2.45, 2.75) is 52.0 Å². The van der Waals surface area contributed by atoms with Gasteiger partial charge in [-0.15, -0.1) is 5.73 Å². The summed E-state index contributed by atoms with van der Waals surface area (Å²) in [5.74, 6) is 0.329. The smallest absolute Gasteiger partial charge is 0.207 e. The molecule has 0 aromatic heterocycles. The zero-order valence-corrected chi connectivity index (χ0v) is 19.5. The predicted molar refractivity (Wildman–Crippen MR) is 127 cm³/mol. The van der Waals surface area contributed by atoms with Crippen molar-refractivity contribution in [3.8, 4) is 0 Å². The molecule has 0 aliphatic carbocycles. The van der Waals surface area contributed by atoms with Gasteiger partial charge in [-0.1, -0.05) is 80.6 Å². The molecule has 1 atom stereocenters. The Labute approximate surface area is 182 Å². The maximum absolute atomic E-state index is 13.8. The van der Waals surface area contributed by atoms with Gasteiger partial charge in [0.1, 0.15) is 0 Å². The maximum Gasteiger partial charge on any atom is 0.244 e. The summed E-state index contributed by atoms with van der Waals surface area (Å²) in [4.78, 5) is 0.396. The van der Waals surface area contributed by atoms with Crippen molar-refractivity contribution >= 4 is 16.1 Å². The molecule has 0 amide bonds. The van der Waals surface area contributed by atoms with Crippen LogP contribution in [-0.2, 0) is 10.0 Å². The molecule has 2 aromatic rings. The van der Waals surface area contributed by atoms with E-state index in [1.807, 2.05) is 75.4 Å². The van der Waals surface area contributed by atoms with Crippen LogP contribution < -0.4 is 0 Å². The fraction of sp³-hybridized carbons (Fsp3) is 0.346. The van der Waals surface area contributed by atoms with Crippen LogP contribution in [0.2, 0.25) is 0 Å². The van der Waals surface area contributed by atoms with E-state index in [-0.39, 0.29) is 12.6 Å². The van der Waals surface area contributed by atoms with Crippen LogP contribution >= 0.6 is 0 Å². The summed E-state index contributed by atoms with van der Waals surface area (Å²) >= 11 is 0. The SMILES string of the molecule is C=C=C[C@H](CC(C)C)N(C/C=C/c1ccccc1)S(=O)(=O)c1c(C)cc(C)cc1C. The summed E-state index contributed by atoms with van der Waals surface area (Å²) in [6.07, 6.45) is 6.34. The number of hydrogen-bond acceptors (Lipinski definition) is 2. The largest absolute Gasteiger partial charge is 0.244 e. The third-order valence-electron chi connectivity index (χ3n) is 4.96. The minimum atomic E-state index is -3.72. The van der Waals surface area contributed by atoms with Crippen molar-refractivity contribution in [3.63, 3.8) is 0 Å². The maximum atomic E-state index is 13.8. The Kier molecular flexibility index (Phi) is 8.43. The number of hydrogen-bond donors (Lipinski definition) is 0. The Morgan fingerprint density at radius 1 is 1.07 bits per heavy atom. The second-order valence-electron chi connectivity index (χ2n) is 8.18. The standard InChI is InChI=1S/C26H33NO2S/c1-7-12-25(17-20(2)3)27(16-11-15-24-13-9-8-10-14-24)30(28,29)26-22(5)18-21(4)19-23(26)6/h8-15,18-20,25H,1,16-17H2,2-6H3/b15-11+/t25-/m1/s1. The number of nitrogens with zero attached hydrogens (tertiary/aromatic N) is 1. The topological polar surface area (TPSA) is 37.4 Å². The van der Waals surface area contributed by atoms with E-state index in [4.69, 9.17) is 0 Å². The fourth-order valence-corrected chi connectivity index (χ4v) is 5.80. The number of aryl methyl sites for hydroxylation is 3. The minimum absolute atomic E-state index is 0.277. The Bertz CT molecular complexity index is 1010. The lowest BCUT2D eigenvalue weighted by atomic mass is 10.0. The molecule has 0 saturated heterocycles. The van der Waals surface area contributed by atoms with Crippen molar-refractivity contribution in [1.29, 1.82) is 0 Å². The van der Waals surface area contributed by atoms with E-state index in [0.717, 1.165) is 22.3 Å². The molecule has 0 bridgehead atoms. The van der Waals surface area contributed by atoms with Gasteiger partial charge in [-0.05, 0) is 55.9 Å². The van der Waals surface area contributed by atoms with E-state index in [0.29, 0.717) is 17.2 Å². The van der Waals surface area contributed by atoms with Crippen LogP contribution in [0, 0.1) is 26.7 Å². The lowest BCUT2D eigenvalue weighted by Crippen LogP contribution is -2.40. The van der Waals surface area contributed by atoms with Gasteiger partial charge >= 0.3 is 0 Å². The second kappa shape index (κ2) is 10.6. The highest BCUT2D eigenvalue weighted by Crippen LogP contribution is 2.28. The molecule has 2 aromatic carbocycles. The van der Waals surface area contributed by atoms with E-state index in [2.05, 4.69) is 26.2 Å². The molecule has 0 aliphatic heterocycles. The molecule has 0 fully saturated rings. The first-order valence-corrected chi connectivity index (χ1v) is 11.8. The molecular formula is C26H33NO2S. The zero-order valence-electron chi connectivity index (χ0n) is 18.7. The van der Waals surface area contributed by atoms with Gasteiger partial charge in [0.25, 0.3) is 0 Å². The van der Waals surface area contributed by atoms with Crippen molar-refractivity contribution in [3.05, 3.63) is 89.2 Å². The summed E-state index contributed by atoms with van der Waals surface area (Å²) in [5, 5.41) is 0. The average Bonchev–Trinajstić information content (AvgIpc) is 2.64. The first kappa shape index (κ1) is 23.9. The monoisotopic (exact) mass is 423 g/mol. The molecule has 2 rings (SSSR count). The highest BCUT2D eigenvalue weighted by molar-refractivity contribution is 7.89. The molecule has 0 aliphatic rings. The highest BCUT2D eigenvalue weighted by atomic mass is 32.2. The van der Waals surface area contributed by atoms with Crippen molar-refractivity contribution in [2.24, 2.45) is 5.92 Å². The lowest BCUT2D eigenvalue weighted by Gasteiger charge is -2.30. The highest BCUT2D eigenvalue weighted by Gasteiger charge is 2.32. The van der Waals surface area contributed by atoms with Gasteiger partial charge in [0, 0.05) is 6.54 Å². The van der Waals surface area contributed by atoms with Crippen LogP contribution in [-0.4, -0.2) is 25.3 Å². The van der Waals surface area contributed by atoms with Gasteiger partial charge in [-0.25, -0.2) is 8.42 Å². The Morgan fingerprint density at radius 3 is 2.20 bits per heavy atom. The van der Waals surface area contributed by atoms with Crippen molar-refractivity contribution < 1.29 is 8.42 Å². The zero-order chi connectivity index (χ0) is 22.3. The van der Waals surface area contributed by atoms with Gasteiger partial charge in [-0.3, -0.25) is 0 Å². The summed E-state index contributed by atoms with van der Waals surface area (Å²) in [6, 6.07) is 13.4. The quantitative estimate of drug-likeness (QED) is 0.459. The van der Waals surface area contributed by atoms with E-state index >= 15 is 0 Å². The van der Waals surface area contributed by atoms with E-state index < -0.39 is 10.0 Å². The predicted octanol–water partition coefficient (Wildman–Crippen LogP) is 6.07. The van der Waals surface area contributed by atoms with Crippen LogP contribution in [0.25, 0.3) is 6.08 Å². The molecule has 0 saturated carbocycles. The van der Waals surface area contributed by atoms with Gasteiger partial charge in [0.05, 0.1) is 10.9 Å². The molecule has 0 heterocycles. The molecule has 160 valence electrons.